The summed E-state index contributed by atoms with van der Waals surface area (Å²) in [6.45, 7) is 0.456. The molecule has 3 aromatic heterocycles. The molecular weight excluding hydrogens is 347 g/mol. The Morgan fingerprint density at radius 2 is 2.19 bits per heavy atom. The molecule has 5 rings (SSSR count). The Morgan fingerprint density at radius 3 is 2.85 bits per heavy atom. The van der Waals surface area contributed by atoms with Gasteiger partial charge < -0.3 is 4.90 Å². The molecule has 0 unspecified atom stereocenters. The number of aryl methyl sites for hydroxylation is 1. The van der Waals surface area contributed by atoms with Gasteiger partial charge >= 0.3 is 0 Å². The van der Waals surface area contributed by atoms with Crippen molar-refractivity contribution in [3.8, 4) is 17.2 Å². The minimum Gasteiger partial charge on any atom is -0.309 e. The van der Waals surface area contributed by atoms with Gasteiger partial charge in [-0.15, -0.1) is 0 Å². The highest BCUT2D eigenvalue weighted by Gasteiger charge is 2.57. The second kappa shape index (κ2) is 5.39. The monoisotopic (exact) mass is 364 g/mol. The molecule has 2 fully saturated rings. The molecule has 1 saturated carbocycles. The largest absolute Gasteiger partial charge is 0.309 e. The molecule has 1 atom stereocenters. The Hall–Kier alpha value is -3.21. The predicted octanol–water partition coefficient (Wildman–Crippen LogP) is 2.53. The molecular formula is C19H17FN6O. The standard InChI is InChI=1S/C19H17FN6O/c1-24-10-12(9-23-24)14-8-16-15(4-6-22-26(16)17(14)20)25-7-5-19(11-21,18(25)27)13-2-3-13/h4,6,8-10,13H,2-3,5,7H2,1H3/t19-/m1/s1. The number of halogens is 1. The van der Waals surface area contributed by atoms with Crippen LogP contribution in [0.2, 0.25) is 0 Å². The van der Waals surface area contributed by atoms with E-state index in [0.717, 1.165) is 12.8 Å². The van der Waals surface area contributed by atoms with Crippen LogP contribution in [-0.4, -0.2) is 31.8 Å². The average Bonchev–Trinajstić information content (AvgIpc) is 3.23. The summed E-state index contributed by atoms with van der Waals surface area (Å²) >= 11 is 0. The van der Waals surface area contributed by atoms with Crippen LogP contribution in [0.15, 0.2) is 30.7 Å². The minimum atomic E-state index is -0.933. The van der Waals surface area contributed by atoms with E-state index in [1.165, 1.54) is 10.7 Å². The van der Waals surface area contributed by atoms with Gasteiger partial charge in [0.05, 0.1) is 29.7 Å². The van der Waals surface area contributed by atoms with E-state index >= 15 is 0 Å². The van der Waals surface area contributed by atoms with Crippen molar-refractivity contribution < 1.29 is 9.18 Å². The number of rotatable bonds is 3. The van der Waals surface area contributed by atoms with Crippen LogP contribution in [0.1, 0.15) is 19.3 Å². The van der Waals surface area contributed by atoms with Crippen LogP contribution in [0, 0.1) is 28.6 Å². The molecule has 2 aliphatic rings. The van der Waals surface area contributed by atoms with Crippen molar-refractivity contribution in [3.63, 3.8) is 0 Å². The molecule has 1 aliphatic carbocycles. The maximum atomic E-state index is 15.0. The molecule has 1 amide bonds. The number of carbonyl (C=O) groups excluding carboxylic acids is 1. The van der Waals surface area contributed by atoms with E-state index in [-0.39, 0.29) is 11.8 Å². The van der Waals surface area contributed by atoms with Gasteiger partial charge in [-0.2, -0.15) is 19.8 Å². The van der Waals surface area contributed by atoms with Gasteiger partial charge in [-0.25, -0.2) is 4.52 Å². The fourth-order valence-electron chi connectivity index (χ4n) is 4.14. The predicted molar refractivity (Wildman–Crippen MR) is 95.1 cm³/mol. The quantitative estimate of drug-likeness (QED) is 0.715. The number of nitriles is 1. The third kappa shape index (κ3) is 2.14. The molecule has 0 N–H and O–H groups in total. The molecule has 1 aliphatic heterocycles. The lowest BCUT2D eigenvalue weighted by atomic mass is 9.83. The highest BCUT2D eigenvalue weighted by atomic mass is 19.1. The first kappa shape index (κ1) is 16.0. The summed E-state index contributed by atoms with van der Waals surface area (Å²) in [4.78, 5) is 14.7. The zero-order valence-corrected chi connectivity index (χ0v) is 14.8. The Kier molecular flexibility index (Phi) is 3.20. The molecule has 27 heavy (non-hydrogen) atoms. The van der Waals surface area contributed by atoms with Crippen molar-refractivity contribution in [1.29, 1.82) is 5.26 Å². The number of hydrogen-bond acceptors (Lipinski definition) is 4. The van der Waals surface area contributed by atoms with Crippen molar-refractivity contribution >= 4 is 17.1 Å². The Labute approximate surface area is 154 Å². The van der Waals surface area contributed by atoms with Crippen LogP contribution < -0.4 is 4.90 Å². The number of amides is 1. The first-order valence-corrected chi connectivity index (χ1v) is 8.93. The lowest BCUT2D eigenvalue weighted by Gasteiger charge is -2.21. The van der Waals surface area contributed by atoms with E-state index in [4.69, 9.17) is 0 Å². The van der Waals surface area contributed by atoms with Crippen LogP contribution in [0.25, 0.3) is 16.6 Å². The van der Waals surface area contributed by atoms with Crippen molar-refractivity contribution in [2.45, 2.75) is 19.3 Å². The summed E-state index contributed by atoms with van der Waals surface area (Å²) < 4.78 is 17.8. The molecule has 1 saturated heterocycles. The maximum absolute atomic E-state index is 15.0. The summed E-state index contributed by atoms with van der Waals surface area (Å²) in [5.41, 5.74) is 1.18. The number of hydrogen-bond donors (Lipinski definition) is 0. The topological polar surface area (TPSA) is 79.2 Å². The minimum absolute atomic E-state index is 0.146. The molecule has 136 valence electrons. The van der Waals surface area contributed by atoms with E-state index in [1.807, 2.05) is 0 Å². The fraction of sp³-hybridized carbons (Fsp3) is 0.368. The van der Waals surface area contributed by atoms with Gasteiger partial charge in [0.2, 0.25) is 11.9 Å². The molecule has 4 heterocycles. The number of anilines is 1. The second-order valence-corrected chi connectivity index (χ2v) is 7.33. The molecule has 0 spiro atoms. The van der Waals surface area contributed by atoms with Crippen molar-refractivity contribution in [2.24, 2.45) is 18.4 Å². The number of aromatic nitrogens is 4. The molecule has 8 heteroatoms. The lowest BCUT2D eigenvalue weighted by Crippen LogP contribution is -2.35. The normalized spacial score (nSPS) is 22.6. The number of nitrogens with zero attached hydrogens (tertiary/aromatic N) is 6. The van der Waals surface area contributed by atoms with Crippen LogP contribution in [-0.2, 0) is 11.8 Å². The Morgan fingerprint density at radius 1 is 1.37 bits per heavy atom. The third-order valence-electron chi connectivity index (χ3n) is 5.73. The van der Waals surface area contributed by atoms with Crippen LogP contribution in [0.4, 0.5) is 10.1 Å². The molecule has 0 radical (unpaired) electrons. The smallest absolute Gasteiger partial charge is 0.247 e. The van der Waals surface area contributed by atoms with Crippen LogP contribution in [0.5, 0.6) is 0 Å². The zero-order chi connectivity index (χ0) is 18.8. The Balaban J connectivity index is 1.63. The van der Waals surface area contributed by atoms with Crippen molar-refractivity contribution in [2.75, 3.05) is 11.4 Å². The molecule has 3 aromatic rings. The first-order valence-electron chi connectivity index (χ1n) is 8.93. The van der Waals surface area contributed by atoms with Gasteiger partial charge in [0, 0.05) is 30.9 Å². The Bertz CT molecular complexity index is 1120. The molecule has 0 bridgehead atoms. The zero-order valence-electron chi connectivity index (χ0n) is 14.8. The maximum Gasteiger partial charge on any atom is 0.247 e. The fourth-order valence-corrected chi connectivity index (χ4v) is 4.14. The van der Waals surface area contributed by atoms with E-state index in [0.29, 0.717) is 35.3 Å². The summed E-state index contributed by atoms with van der Waals surface area (Å²) in [6.07, 6.45) is 7.15. The summed E-state index contributed by atoms with van der Waals surface area (Å²) in [5.74, 6) is -0.530. The highest BCUT2D eigenvalue weighted by molar-refractivity contribution is 6.05. The summed E-state index contributed by atoms with van der Waals surface area (Å²) in [6, 6.07) is 5.68. The molecule has 7 nitrogen and oxygen atoms in total. The number of carbonyl (C=O) groups is 1. The van der Waals surface area contributed by atoms with E-state index in [9.17, 15) is 14.4 Å². The average molecular weight is 364 g/mol. The van der Waals surface area contributed by atoms with Crippen LogP contribution in [0.3, 0.4) is 0 Å². The van der Waals surface area contributed by atoms with Gasteiger partial charge in [-0.1, -0.05) is 0 Å². The first-order chi connectivity index (χ1) is 13.0. The van der Waals surface area contributed by atoms with Gasteiger partial charge in [0.15, 0.2) is 0 Å². The van der Waals surface area contributed by atoms with Gasteiger partial charge in [-0.3, -0.25) is 9.48 Å². The van der Waals surface area contributed by atoms with Crippen LogP contribution >= 0.6 is 0 Å². The molecule has 0 aromatic carbocycles. The lowest BCUT2D eigenvalue weighted by molar-refractivity contribution is -0.123. The highest BCUT2D eigenvalue weighted by Crippen LogP contribution is 2.52. The van der Waals surface area contributed by atoms with E-state index in [2.05, 4.69) is 16.3 Å². The van der Waals surface area contributed by atoms with Gasteiger partial charge in [-0.05, 0) is 37.3 Å². The SMILES string of the molecule is Cn1cc(-c2cc3c(N4CC[C@@](C#N)(C5CC5)C4=O)ccnn3c2F)cn1. The van der Waals surface area contributed by atoms with E-state index in [1.54, 1.807) is 41.2 Å². The van der Waals surface area contributed by atoms with Crippen molar-refractivity contribution in [3.05, 3.63) is 36.7 Å². The van der Waals surface area contributed by atoms with Gasteiger partial charge in [0.25, 0.3) is 0 Å². The van der Waals surface area contributed by atoms with Crippen molar-refractivity contribution in [1.82, 2.24) is 19.4 Å². The second-order valence-electron chi connectivity index (χ2n) is 7.33. The van der Waals surface area contributed by atoms with Gasteiger partial charge in [0.1, 0.15) is 5.41 Å². The summed E-state index contributed by atoms with van der Waals surface area (Å²) in [5, 5.41) is 17.9. The number of fused-ring (bicyclic) bond motifs is 1. The summed E-state index contributed by atoms with van der Waals surface area (Å²) in [7, 11) is 1.77. The third-order valence-corrected chi connectivity index (χ3v) is 5.73. The van der Waals surface area contributed by atoms with E-state index < -0.39 is 11.4 Å².